The largest absolute Gasteiger partial charge is 0.466 e. The van der Waals surface area contributed by atoms with Gasteiger partial charge >= 0.3 is 5.97 Å². The maximum atomic E-state index is 12.6. The predicted octanol–water partition coefficient (Wildman–Crippen LogP) is 5.66. The van der Waals surface area contributed by atoms with Gasteiger partial charge in [0.15, 0.2) is 5.11 Å². The molecule has 1 aliphatic rings. The number of benzene rings is 1. The van der Waals surface area contributed by atoms with E-state index in [9.17, 15) is 14.4 Å². The Labute approximate surface area is 229 Å². The number of rotatable bonds is 14. The van der Waals surface area contributed by atoms with Crippen LogP contribution in [-0.2, 0) is 14.3 Å². The van der Waals surface area contributed by atoms with Crippen LogP contribution in [0.3, 0.4) is 0 Å². The smallest absolute Gasteiger partial charge is 0.308 e. The molecule has 7 nitrogen and oxygen atoms in total. The first-order valence-electron chi connectivity index (χ1n) is 12.8. The molecule has 0 aromatic heterocycles. The van der Waals surface area contributed by atoms with Crippen molar-refractivity contribution in [1.29, 1.82) is 0 Å². The topological polar surface area (TPSA) is 87.7 Å². The number of nitrogens with zero attached hydrogens (tertiary/aromatic N) is 1. The Morgan fingerprint density at radius 2 is 1.61 bits per heavy atom. The number of hydrogen-bond donors (Lipinski definition) is 2. The number of esters is 1. The molecule has 1 aromatic rings. The van der Waals surface area contributed by atoms with Crippen LogP contribution >= 0.6 is 35.4 Å². The van der Waals surface area contributed by atoms with Crippen molar-refractivity contribution >= 4 is 58.3 Å². The molecule has 1 unspecified atom stereocenters. The third kappa shape index (κ3) is 11.0. The van der Waals surface area contributed by atoms with Crippen LogP contribution in [0.5, 0.6) is 0 Å². The van der Waals surface area contributed by atoms with Crippen molar-refractivity contribution in [3.8, 4) is 0 Å². The SMILES string of the molecule is CCCCCCCCCCCCOC(=O)CC1C(=O)NCCN1C(=S)NC(=O)c1cc(Cl)cc(Cl)c1. The zero-order valence-corrected chi connectivity index (χ0v) is 23.3. The van der Waals surface area contributed by atoms with Crippen LogP contribution in [0.2, 0.25) is 10.0 Å². The molecule has 1 atom stereocenters. The molecule has 1 aliphatic heterocycles. The number of ether oxygens (including phenoxy) is 1. The number of thiocarbonyl (C=S) groups is 1. The Balaban J connectivity index is 1.73. The number of piperazine rings is 1. The highest BCUT2D eigenvalue weighted by Gasteiger charge is 2.34. The Hall–Kier alpha value is -1.90. The summed E-state index contributed by atoms with van der Waals surface area (Å²) in [5, 5.41) is 6.03. The number of nitrogens with one attached hydrogen (secondary N) is 2. The third-order valence-corrected chi connectivity index (χ3v) is 6.83. The highest BCUT2D eigenvalue weighted by molar-refractivity contribution is 7.80. The van der Waals surface area contributed by atoms with Gasteiger partial charge in [0.05, 0.1) is 13.0 Å². The number of unbranched alkanes of at least 4 members (excludes halogenated alkanes) is 9. The summed E-state index contributed by atoms with van der Waals surface area (Å²) in [6.07, 6.45) is 11.8. The standard InChI is InChI=1S/C26H37Cl2N3O4S/c1-2-3-4-5-6-7-8-9-10-11-14-35-23(32)18-22-25(34)29-12-13-31(22)26(36)30-24(33)19-15-20(27)17-21(28)16-19/h15-17,22H,2-14,18H2,1H3,(H,29,34)(H,30,33,36). The van der Waals surface area contributed by atoms with Gasteiger partial charge in [-0.15, -0.1) is 0 Å². The molecule has 1 saturated heterocycles. The number of hydrogen-bond acceptors (Lipinski definition) is 5. The van der Waals surface area contributed by atoms with E-state index in [1.54, 1.807) is 4.90 Å². The first-order chi connectivity index (χ1) is 17.3. The molecule has 200 valence electrons. The molecule has 0 spiro atoms. The van der Waals surface area contributed by atoms with Gasteiger partial charge in [-0.1, -0.05) is 87.9 Å². The van der Waals surface area contributed by atoms with E-state index in [1.165, 1.54) is 63.1 Å². The molecule has 0 saturated carbocycles. The van der Waals surface area contributed by atoms with Crippen LogP contribution in [0.15, 0.2) is 18.2 Å². The van der Waals surface area contributed by atoms with Crippen molar-refractivity contribution in [3.05, 3.63) is 33.8 Å². The molecule has 2 rings (SSSR count). The molecule has 2 amide bonds. The molecule has 0 radical (unpaired) electrons. The van der Waals surface area contributed by atoms with Gasteiger partial charge in [0.2, 0.25) is 5.91 Å². The lowest BCUT2D eigenvalue weighted by Crippen LogP contribution is -2.60. The molecule has 0 aliphatic carbocycles. The Morgan fingerprint density at radius 3 is 2.22 bits per heavy atom. The molecule has 0 bridgehead atoms. The lowest BCUT2D eigenvalue weighted by Gasteiger charge is -2.36. The molecule has 1 aromatic carbocycles. The van der Waals surface area contributed by atoms with Crippen molar-refractivity contribution in [1.82, 2.24) is 15.5 Å². The first-order valence-corrected chi connectivity index (χ1v) is 14.0. The van der Waals surface area contributed by atoms with Crippen LogP contribution in [0.4, 0.5) is 0 Å². The fourth-order valence-corrected chi connectivity index (χ4v) is 4.92. The van der Waals surface area contributed by atoms with Gasteiger partial charge in [0.25, 0.3) is 5.91 Å². The van der Waals surface area contributed by atoms with E-state index in [0.717, 1.165) is 19.3 Å². The van der Waals surface area contributed by atoms with Crippen molar-refractivity contribution in [2.45, 2.75) is 83.6 Å². The average Bonchev–Trinajstić information content (AvgIpc) is 2.83. The Morgan fingerprint density at radius 1 is 1.03 bits per heavy atom. The van der Waals surface area contributed by atoms with Crippen LogP contribution in [0.1, 0.15) is 87.9 Å². The minimum absolute atomic E-state index is 0.0541. The molecule has 36 heavy (non-hydrogen) atoms. The molecular weight excluding hydrogens is 521 g/mol. The van der Waals surface area contributed by atoms with Gasteiger partial charge in [0, 0.05) is 28.7 Å². The van der Waals surface area contributed by atoms with Gasteiger partial charge in [-0.3, -0.25) is 19.7 Å². The van der Waals surface area contributed by atoms with Crippen molar-refractivity contribution in [2.75, 3.05) is 19.7 Å². The van der Waals surface area contributed by atoms with Crippen molar-refractivity contribution < 1.29 is 19.1 Å². The molecule has 1 heterocycles. The van der Waals surface area contributed by atoms with E-state index < -0.39 is 17.9 Å². The minimum Gasteiger partial charge on any atom is -0.466 e. The Kier molecular flexibility index (Phi) is 14.1. The van der Waals surface area contributed by atoms with Crippen LogP contribution in [-0.4, -0.2) is 53.5 Å². The summed E-state index contributed by atoms with van der Waals surface area (Å²) in [5.74, 6) is -1.30. The van der Waals surface area contributed by atoms with Crippen molar-refractivity contribution in [2.24, 2.45) is 0 Å². The average molecular weight is 559 g/mol. The summed E-state index contributed by atoms with van der Waals surface area (Å²) in [6, 6.07) is 3.60. The molecule has 1 fully saturated rings. The third-order valence-electron chi connectivity index (χ3n) is 6.06. The normalized spacial score (nSPS) is 15.4. The van der Waals surface area contributed by atoms with E-state index in [4.69, 9.17) is 40.2 Å². The van der Waals surface area contributed by atoms with Crippen molar-refractivity contribution in [3.63, 3.8) is 0 Å². The predicted molar refractivity (Wildman–Crippen MR) is 147 cm³/mol. The quantitative estimate of drug-likeness (QED) is 0.174. The van der Waals surface area contributed by atoms with Crippen LogP contribution < -0.4 is 10.6 Å². The fraction of sp³-hybridized carbons (Fsp3) is 0.615. The first kappa shape index (κ1) is 30.3. The zero-order valence-electron chi connectivity index (χ0n) is 21.0. The highest BCUT2D eigenvalue weighted by Crippen LogP contribution is 2.19. The van der Waals surface area contributed by atoms with E-state index in [2.05, 4.69) is 17.6 Å². The second-order valence-corrected chi connectivity index (χ2v) is 10.3. The number of carbonyl (C=O) groups is 3. The monoisotopic (exact) mass is 557 g/mol. The van der Waals surface area contributed by atoms with E-state index in [0.29, 0.717) is 29.7 Å². The van der Waals surface area contributed by atoms with Crippen LogP contribution in [0, 0.1) is 0 Å². The lowest BCUT2D eigenvalue weighted by atomic mass is 10.1. The van der Waals surface area contributed by atoms with Gasteiger partial charge < -0.3 is 15.0 Å². The van der Waals surface area contributed by atoms with Gasteiger partial charge in [-0.05, 0) is 36.8 Å². The number of carbonyl (C=O) groups excluding carboxylic acids is 3. The second kappa shape index (κ2) is 16.8. The van der Waals surface area contributed by atoms with Gasteiger partial charge in [-0.2, -0.15) is 0 Å². The molecule has 2 N–H and O–H groups in total. The maximum Gasteiger partial charge on any atom is 0.308 e. The summed E-state index contributed by atoms with van der Waals surface area (Å²) in [7, 11) is 0. The van der Waals surface area contributed by atoms with Gasteiger partial charge in [0.1, 0.15) is 6.04 Å². The number of amides is 2. The summed E-state index contributed by atoms with van der Waals surface area (Å²) < 4.78 is 5.36. The summed E-state index contributed by atoms with van der Waals surface area (Å²) in [5.41, 5.74) is 0.240. The van der Waals surface area contributed by atoms with E-state index >= 15 is 0 Å². The Bertz CT molecular complexity index is 880. The summed E-state index contributed by atoms with van der Waals surface area (Å²) in [4.78, 5) is 39.0. The van der Waals surface area contributed by atoms with Crippen LogP contribution in [0.25, 0.3) is 0 Å². The second-order valence-electron chi connectivity index (χ2n) is 9.02. The lowest BCUT2D eigenvalue weighted by molar-refractivity contribution is -0.147. The zero-order chi connectivity index (χ0) is 26.3. The maximum absolute atomic E-state index is 12.6. The number of halogens is 2. The minimum atomic E-state index is -0.852. The van der Waals surface area contributed by atoms with Gasteiger partial charge in [-0.25, -0.2) is 0 Å². The fourth-order valence-electron chi connectivity index (χ4n) is 4.08. The molecular formula is C26H37Cl2N3O4S. The summed E-state index contributed by atoms with van der Waals surface area (Å²) in [6.45, 7) is 3.27. The van der Waals surface area contributed by atoms with E-state index in [-0.39, 0.29) is 23.0 Å². The highest BCUT2D eigenvalue weighted by atomic mass is 35.5. The molecule has 10 heteroatoms. The van der Waals surface area contributed by atoms with E-state index in [1.807, 2.05) is 0 Å². The summed E-state index contributed by atoms with van der Waals surface area (Å²) >= 11 is 17.3.